The summed E-state index contributed by atoms with van der Waals surface area (Å²) in [4.78, 5) is 25.9. The fourth-order valence-electron chi connectivity index (χ4n) is 2.40. The molecule has 108 valence electrons. The fourth-order valence-corrected chi connectivity index (χ4v) is 2.40. The van der Waals surface area contributed by atoms with Crippen molar-refractivity contribution < 1.29 is 23.5 Å². The zero-order valence-electron chi connectivity index (χ0n) is 10.6. The lowest BCUT2D eigenvalue weighted by atomic mass is 9.85. The Labute approximate surface area is 114 Å². The number of nitrogens with one attached hydrogen (secondary N) is 1. The minimum Gasteiger partial charge on any atom is -0.481 e. The van der Waals surface area contributed by atoms with Crippen molar-refractivity contribution in [2.75, 3.05) is 0 Å². The van der Waals surface area contributed by atoms with Crippen LogP contribution in [0.5, 0.6) is 0 Å². The first kappa shape index (κ1) is 14.4. The largest absolute Gasteiger partial charge is 0.481 e. The Morgan fingerprint density at radius 2 is 2.10 bits per heavy atom. The highest BCUT2D eigenvalue weighted by molar-refractivity contribution is 5.94. The first-order valence-electron chi connectivity index (χ1n) is 6.32. The summed E-state index contributed by atoms with van der Waals surface area (Å²) >= 11 is 0. The van der Waals surface area contributed by atoms with Crippen molar-refractivity contribution in [3.63, 3.8) is 0 Å². The predicted molar refractivity (Wildman–Crippen MR) is 65.0 cm³/mol. The van der Waals surface area contributed by atoms with Gasteiger partial charge in [0.05, 0.1) is 11.5 Å². The molecule has 0 aliphatic heterocycles. The Hall–Kier alpha value is -2.05. The zero-order chi connectivity index (χ0) is 14.7. The van der Waals surface area contributed by atoms with E-state index in [0.717, 1.165) is 12.3 Å². The van der Waals surface area contributed by atoms with Gasteiger partial charge in [0, 0.05) is 12.2 Å². The molecule has 2 rings (SSSR count). The second-order valence-corrected chi connectivity index (χ2v) is 4.84. The molecule has 0 aromatic carbocycles. The van der Waals surface area contributed by atoms with E-state index in [9.17, 15) is 18.4 Å². The van der Waals surface area contributed by atoms with Gasteiger partial charge in [0.1, 0.15) is 0 Å². The average Bonchev–Trinajstić information content (AvgIpc) is 2.42. The van der Waals surface area contributed by atoms with E-state index >= 15 is 0 Å². The van der Waals surface area contributed by atoms with Crippen molar-refractivity contribution in [1.82, 2.24) is 10.3 Å². The number of carboxylic acids is 1. The Morgan fingerprint density at radius 3 is 2.80 bits per heavy atom. The number of amides is 1. The average molecular weight is 284 g/mol. The minimum atomic E-state index is -1.33. The molecule has 2 unspecified atom stereocenters. The standard InChI is InChI=1S/C13H14F2N2O3/c14-10-9(4-5-16-11(10)15)12(18)17-8-3-1-2-7(6-8)13(19)20/h4-5,7-8H,1-3,6H2,(H,17,18)(H,19,20). The van der Waals surface area contributed by atoms with E-state index in [1.165, 1.54) is 0 Å². The molecule has 1 fully saturated rings. The van der Waals surface area contributed by atoms with Crippen LogP contribution < -0.4 is 5.32 Å². The summed E-state index contributed by atoms with van der Waals surface area (Å²) in [6.45, 7) is 0. The van der Waals surface area contributed by atoms with E-state index in [1.807, 2.05) is 0 Å². The maximum absolute atomic E-state index is 13.4. The quantitative estimate of drug-likeness (QED) is 0.828. The summed E-state index contributed by atoms with van der Waals surface area (Å²) < 4.78 is 26.4. The molecule has 1 aliphatic carbocycles. The molecular weight excluding hydrogens is 270 g/mol. The van der Waals surface area contributed by atoms with Gasteiger partial charge in [-0.2, -0.15) is 4.39 Å². The van der Waals surface area contributed by atoms with Crippen LogP contribution in [0.15, 0.2) is 12.3 Å². The number of carbonyl (C=O) groups is 2. The fraction of sp³-hybridized carbons (Fsp3) is 0.462. The van der Waals surface area contributed by atoms with Gasteiger partial charge in [0.2, 0.25) is 5.95 Å². The van der Waals surface area contributed by atoms with Crippen molar-refractivity contribution in [3.05, 3.63) is 29.6 Å². The number of aliphatic carboxylic acids is 1. The Kier molecular flexibility index (Phi) is 4.26. The summed E-state index contributed by atoms with van der Waals surface area (Å²) in [5.41, 5.74) is -0.421. The van der Waals surface area contributed by atoms with Crippen LogP contribution in [-0.4, -0.2) is 28.0 Å². The lowest BCUT2D eigenvalue weighted by Gasteiger charge is -2.27. The Balaban J connectivity index is 2.04. The number of hydrogen-bond donors (Lipinski definition) is 2. The number of halogens is 2. The van der Waals surface area contributed by atoms with Gasteiger partial charge in [0.25, 0.3) is 5.91 Å². The number of aromatic nitrogens is 1. The van der Waals surface area contributed by atoms with Gasteiger partial charge < -0.3 is 10.4 Å². The van der Waals surface area contributed by atoms with Crippen LogP contribution in [0.25, 0.3) is 0 Å². The molecule has 5 nitrogen and oxygen atoms in total. The van der Waals surface area contributed by atoms with Crippen LogP contribution in [0, 0.1) is 17.7 Å². The molecule has 1 aliphatic rings. The molecule has 2 atom stereocenters. The minimum absolute atomic E-state index is 0.302. The van der Waals surface area contributed by atoms with Crippen LogP contribution in [0.1, 0.15) is 36.0 Å². The van der Waals surface area contributed by atoms with E-state index in [0.29, 0.717) is 25.7 Å². The molecule has 1 aromatic heterocycles. The van der Waals surface area contributed by atoms with E-state index < -0.39 is 35.1 Å². The lowest BCUT2D eigenvalue weighted by molar-refractivity contribution is -0.143. The van der Waals surface area contributed by atoms with Crippen molar-refractivity contribution >= 4 is 11.9 Å². The second-order valence-electron chi connectivity index (χ2n) is 4.84. The van der Waals surface area contributed by atoms with E-state index in [-0.39, 0.29) is 6.04 Å². The normalized spacial score (nSPS) is 22.3. The highest BCUT2D eigenvalue weighted by atomic mass is 19.2. The van der Waals surface area contributed by atoms with Crippen molar-refractivity contribution in [2.24, 2.45) is 5.92 Å². The molecule has 1 amide bonds. The first-order chi connectivity index (χ1) is 9.49. The topological polar surface area (TPSA) is 79.3 Å². The van der Waals surface area contributed by atoms with Crippen LogP contribution >= 0.6 is 0 Å². The molecule has 0 spiro atoms. The van der Waals surface area contributed by atoms with E-state index in [1.54, 1.807) is 0 Å². The summed E-state index contributed by atoms with van der Waals surface area (Å²) in [7, 11) is 0. The van der Waals surface area contributed by atoms with Crippen molar-refractivity contribution in [2.45, 2.75) is 31.7 Å². The molecule has 7 heteroatoms. The van der Waals surface area contributed by atoms with E-state index in [2.05, 4.69) is 10.3 Å². The molecule has 0 bridgehead atoms. The molecule has 1 saturated carbocycles. The maximum Gasteiger partial charge on any atom is 0.306 e. The van der Waals surface area contributed by atoms with Crippen molar-refractivity contribution in [3.8, 4) is 0 Å². The number of rotatable bonds is 3. The van der Waals surface area contributed by atoms with Crippen molar-refractivity contribution in [1.29, 1.82) is 0 Å². The third-order valence-electron chi connectivity index (χ3n) is 3.45. The van der Waals surface area contributed by atoms with Gasteiger partial charge in [0.15, 0.2) is 5.82 Å². The molecule has 2 N–H and O–H groups in total. The van der Waals surface area contributed by atoms with Gasteiger partial charge in [-0.05, 0) is 25.3 Å². The van der Waals surface area contributed by atoms with E-state index in [4.69, 9.17) is 5.11 Å². The van der Waals surface area contributed by atoms with Gasteiger partial charge in [-0.15, -0.1) is 0 Å². The van der Waals surface area contributed by atoms with Crippen LogP contribution in [0.4, 0.5) is 8.78 Å². The first-order valence-corrected chi connectivity index (χ1v) is 6.32. The lowest BCUT2D eigenvalue weighted by Crippen LogP contribution is -2.40. The monoisotopic (exact) mass is 284 g/mol. The summed E-state index contributed by atoms with van der Waals surface area (Å²) in [5.74, 6) is -4.78. The molecular formula is C13H14F2N2O3. The Bertz CT molecular complexity index is 536. The SMILES string of the molecule is O=C(NC1CCCC(C(=O)O)C1)c1ccnc(F)c1F. The molecule has 20 heavy (non-hydrogen) atoms. The third kappa shape index (κ3) is 3.09. The smallest absolute Gasteiger partial charge is 0.306 e. The summed E-state index contributed by atoms with van der Waals surface area (Å²) in [5, 5.41) is 11.5. The highest BCUT2D eigenvalue weighted by Gasteiger charge is 2.28. The maximum atomic E-state index is 13.4. The van der Waals surface area contributed by atoms with Crippen LogP contribution in [0.2, 0.25) is 0 Å². The number of carbonyl (C=O) groups excluding carboxylic acids is 1. The second kappa shape index (κ2) is 5.94. The van der Waals surface area contributed by atoms with Crippen LogP contribution in [0.3, 0.4) is 0 Å². The summed E-state index contributed by atoms with van der Waals surface area (Å²) in [6, 6.07) is 0.749. The number of pyridine rings is 1. The highest BCUT2D eigenvalue weighted by Crippen LogP contribution is 2.24. The molecule has 0 saturated heterocycles. The van der Waals surface area contributed by atoms with Gasteiger partial charge in [-0.1, -0.05) is 6.42 Å². The number of nitrogens with zero attached hydrogens (tertiary/aromatic N) is 1. The zero-order valence-corrected chi connectivity index (χ0v) is 10.6. The third-order valence-corrected chi connectivity index (χ3v) is 3.45. The molecule has 1 heterocycles. The Morgan fingerprint density at radius 1 is 1.35 bits per heavy atom. The van der Waals surface area contributed by atoms with Gasteiger partial charge in [-0.3, -0.25) is 9.59 Å². The predicted octanol–water partition coefficient (Wildman–Crippen LogP) is 1.73. The summed E-state index contributed by atoms with van der Waals surface area (Å²) in [6.07, 6.45) is 3.18. The van der Waals surface area contributed by atoms with Gasteiger partial charge in [-0.25, -0.2) is 9.37 Å². The molecule has 1 aromatic rings. The van der Waals surface area contributed by atoms with Gasteiger partial charge >= 0.3 is 5.97 Å². The number of carboxylic acid groups (broad SMARTS) is 1. The molecule has 0 radical (unpaired) electrons. The van der Waals surface area contributed by atoms with Crippen LogP contribution in [-0.2, 0) is 4.79 Å². The number of hydrogen-bond acceptors (Lipinski definition) is 3.